The Morgan fingerprint density at radius 2 is 1.00 bits per heavy atom. The Morgan fingerprint density at radius 3 is 1.32 bits per heavy atom. The number of methoxy groups -OCH3 is 1. The smallest absolute Gasteiger partial charge is 0.410 e. The molecule has 0 atom stereocenters. The molecular weight excluding hydrogens is 779 g/mol. The molecule has 0 radical (unpaired) electrons. The quantitative estimate of drug-likeness (QED) is 0.197. The van der Waals surface area contributed by atoms with Crippen molar-refractivity contribution in [1.82, 2.24) is 19.6 Å². The number of carbonyl (C=O) groups excluding carboxylic acids is 3. The van der Waals surface area contributed by atoms with E-state index in [0.29, 0.717) is 99.6 Å². The number of halogens is 2. The largest absolute Gasteiger partial charge is 0.478 e. The van der Waals surface area contributed by atoms with Crippen LogP contribution in [-0.4, -0.2) is 131 Å². The van der Waals surface area contributed by atoms with Gasteiger partial charge in [-0.25, -0.2) is 19.2 Å². The highest BCUT2D eigenvalue weighted by molar-refractivity contribution is 6.31. The van der Waals surface area contributed by atoms with E-state index < -0.39 is 28.4 Å². The molecule has 0 spiro atoms. The van der Waals surface area contributed by atoms with Gasteiger partial charge in [0.2, 0.25) is 11.2 Å². The Hall–Kier alpha value is -3.98. The SMILES string of the molecule is CC(C)(C)OC(=O)N1CCN(Cc2ccc(Cl)cc2OC2(C(=O)O)CC2)CC1.COC(=O)C1(Oc2cc(Cl)ccc2CN2CCN(C(=O)OC(C)(C)C)CC2)CC1. The summed E-state index contributed by atoms with van der Waals surface area (Å²) in [5, 5.41) is 10.5. The van der Waals surface area contributed by atoms with Crippen molar-refractivity contribution in [3.05, 3.63) is 57.6 Å². The molecule has 0 bridgehead atoms. The van der Waals surface area contributed by atoms with Crippen LogP contribution >= 0.6 is 23.2 Å². The lowest BCUT2D eigenvalue weighted by Gasteiger charge is -2.35. The van der Waals surface area contributed by atoms with Crippen LogP contribution in [0.2, 0.25) is 10.0 Å². The van der Waals surface area contributed by atoms with E-state index in [1.54, 1.807) is 28.0 Å². The third-order valence-corrected chi connectivity index (χ3v) is 10.3. The fourth-order valence-corrected chi connectivity index (χ4v) is 6.69. The van der Waals surface area contributed by atoms with E-state index in [4.69, 9.17) is 46.9 Å². The molecule has 0 aromatic heterocycles. The first-order valence-corrected chi connectivity index (χ1v) is 20.1. The molecule has 1 N–H and O–H groups in total. The van der Waals surface area contributed by atoms with Gasteiger partial charge in [0.05, 0.1) is 7.11 Å². The van der Waals surface area contributed by atoms with E-state index >= 15 is 0 Å². The van der Waals surface area contributed by atoms with E-state index in [0.717, 1.165) is 24.2 Å². The van der Waals surface area contributed by atoms with Crippen molar-refractivity contribution in [2.24, 2.45) is 0 Å². The molecule has 2 aromatic rings. The van der Waals surface area contributed by atoms with E-state index in [1.165, 1.54) is 7.11 Å². The average molecular weight is 836 g/mol. The Balaban J connectivity index is 0.000000218. The number of carboxylic acid groups (broad SMARTS) is 1. The number of amides is 2. The molecule has 16 heteroatoms. The number of esters is 1. The summed E-state index contributed by atoms with van der Waals surface area (Å²) >= 11 is 12.3. The minimum Gasteiger partial charge on any atom is -0.478 e. The minimum absolute atomic E-state index is 0.276. The van der Waals surface area contributed by atoms with Crippen molar-refractivity contribution < 1.29 is 48.0 Å². The molecule has 2 aliphatic carbocycles. The van der Waals surface area contributed by atoms with Gasteiger partial charge in [-0.3, -0.25) is 9.80 Å². The average Bonchev–Trinajstić information content (AvgIpc) is 4.07. The third kappa shape index (κ3) is 12.5. The molecular formula is C41H56Cl2N4O10. The number of piperazine rings is 2. The number of rotatable bonds is 10. The Bertz CT molecular complexity index is 1770. The zero-order valence-corrected chi connectivity index (χ0v) is 35.5. The summed E-state index contributed by atoms with van der Waals surface area (Å²) < 4.78 is 27.7. The van der Waals surface area contributed by atoms with Crippen molar-refractivity contribution in [3.63, 3.8) is 0 Å². The van der Waals surface area contributed by atoms with Crippen LogP contribution in [0.4, 0.5) is 9.59 Å². The van der Waals surface area contributed by atoms with Gasteiger partial charge in [-0.2, -0.15) is 0 Å². The number of nitrogens with zero attached hydrogens (tertiary/aromatic N) is 4. The van der Waals surface area contributed by atoms with Gasteiger partial charge in [0.15, 0.2) is 0 Å². The van der Waals surface area contributed by atoms with Crippen LogP contribution in [0.5, 0.6) is 11.5 Å². The summed E-state index contributed by atoms with van der Waals surface area (Å²) in [6, 6.07) is 10.8. The fraction of sp³-hybridized carbons (Fsp3) is 0.610. The molecule has 57 heavy (non-hydrogen) atoms. The van der Waals surface area contributed by atoms with Crippen LogP contribution in [0, 0.1) is 0 Å². The molecule has 0 unspecified atom stereocenters. The van der Waals surface area contributed by atoms with E-state index in [-0.39, 0.29) is 18.2 Å². The first-order chi connectivity index (χ1) is 26.7. The summed E-state index contributed by atoms with van der Waals surface area (Å²) in [5.74, 6) is -0.171. The van der Waals surface area contributed by atoms with Crippen LogP contribution in [0.15, 0.2) is 36.4 Å². The molecule has 14 nitrogen and oxygen atoms in total. The topological polar surface area (TPSA) is 148 Å². The van der Waals surface area contributed by atoms with Crippen LogP contribution < -0.4 is 9.47 Å². The highest BCUT2D eigenvalue weighted by atomic mass is 35.5. The molecule has 4 aliphatic rings. The van der Waals surface area contributed by atoms with Gasteiger partial charge < -0.3 is 38.6 Å². The number of hydrogen-bond donors (Lipinski definition) is 1. The van der Waals surface area contributed by atoms with Gasteiger partial charge >= 0.3 is 24.1 Å². The lowest BCUT2D eigenvalue weighted by Crippen LogP contribution is -2.49. The number of carbonyl (C=O) groups is 4. The van der Waals surface area contributed by atoms with Crippen molar-refractivity contribution in [2.45, 2.75) is 103 Å². The van der Waals surface area contributed by atoms with Crippen molar-refractivity contribution in [2.75, 3.05) is 59.5 Å². The van der Waals surface area contributed by atoms with Gasteiger partial charge in [-0.05, 0) is 65.8 Å². The second-order valence-electron chi connectivity index (χ2n) is 17.0. The van der Waals surface area contributed by atoms with Crippen molar-refractivity contribution in [1.29, 1.82) is 0 Å². The summed E-state index contributed by atoms with van der Waals surface area (Å²) in [6.07, 6.45) is 1.72. The lowest BCUT2D eigenvalue weighted by atomic mass is 10.1. The zero-order chi connectivity index (χ0) is 41.8. The van der Waals surface area contributed by atoms with Crippen LogP contribution in [0.25, 0.3) is 0 Å². The first kappa shape index (κ1) is 44.1. The summed E-state index contributed by atoms with van der Waals surface area (Å²) in [5.41, 5.74) is -1.16. The molecule has 2 heterocycles. The summed E-state index contributed by atoms with van der Waals surface area (Å²) in [6.45, 7) is 17.6. The number of ether oxygens (including phenoxy) is 5. The highest BCUT2D eigenvalue weighted by Crippen LogP contribution is 2.44. The maximum Gasteiger partial charge on any atom is 0.410 e. The first-order valence-electron chi connectivity index (χ1n) is 19.4. The second-order valence-corrected chi connectivity index (χ2v) is 17.9. The number of hydrogen-bond acceptors (Lipinski definition) is 11. The number of carboxylic acids is 1. The molecule has 4 fully saturated rings. The van der Waals surface area contributed by atoms with Gasteiger partial charge in [0, 0.05) is 112 Å². The zero-order valence-electron chi connectivity index (χ0n) is 34.0. The fourth-order valence-electron chi connectivity index (χ4n) is 6.36. The molecule has 314 valence electrons. The standard InChI is InChI=1S/C21H29ClN2O5.C20H27ClN2O5/c1-20(2,3)29-19(26)24-11-9-23(10-12-24)14-15-5-6-16(22)13-17(15)28-21(7-8-21)18(25)27-4;1-19(2,3)28-18(26)23-10-8-22(9-11-23)13-14-4-5-15(21)12-16(14)27-20(6-7-20)17(24)25/h5-6,13H,7-12,14H2,1-4H3;4-5,12H,6-11,13H2,1-3H3,(H,24,25). The second kappa shape index (κ2) is 17.9. The number of benzene rings is 2. The Labute approximate surface area is 345 Å². The molecule has 2 saturated heterocycles. The maximum atomic E-state index is 12.2. The van der Waals surface area contributed by atoms with Crippen LogP contribution in [-0.2, 0) is 36.9 Å². The Morgan fingerprint density at radius 1 is 0.632 bits per heavy atom. The van der Waals surface area contributed by atoms with Gasteiger partial charge in [-0.1, -0.05) is 35.3 Å². The molecule has 6 rings (SSSR count). The summed E-state index contributed by atoms with van der Waals surface area (Å²) in [4.78, 5) is 55.8. The molecule has 2 saturated carbocycles. The summed E-state index contributed by atoms with van der Waals surface area (Å²) in [7, 11) is 1.37. The molecule has 2 aliphatic heterocycles. The number of aliphatic carboxylic acids is 1. The maximum absolute atomic E-state index is 12.2. The minimum atomic E-state index is -1.12. The van der Waals surface area contributed by atoms with Crippen LogP contribution in [0.1, 0.15) is 78.4 Å². The molecule has 2 aromatic carbocycles. The van der Waals surface area contributed by atoms with Gasteiger partial charge in [0.1, 0.15) is 22.7 Å². The normalized spacial score (nSPS) is 19.0. The lowest BCUT2D eigenvalue weighted by molar-refractivity contribution is -0.151. The van der Waals surface area contributed by atoms with Gasteiger partial charge in [0.25, 0.3) is 0 Å². The van der Waals surface area contributed by atoms with E-state index in [2.05, 4.69) is 9.80 Å². The predicted octanol–water partition coefficient (Wildman–Crippen LogP) is 6.87. The van der Waals surface area contributed by atoms with Crippen LogP contribution in [0.3, 0.4) is 0 Å². The monoisotopic (exact) mass is 834 g/mol. The highest BCUT2D eigenvalue weighted by Gasteiger charge is 2.55. The van der Waals surface area contributed by atoms with Crippen molar-refractivity contribution in [3.8, 4) is 11.5 Å². The van der Waals surface area contributed by atoms with Gasteiger partial charge in [-0.15, -0.1) is 0 Å². The Kier molecular flexibility index (Phi) is 13.8. The van der Waals surface area contributed by atoms with E-state index in [1.807, 2.05) is 59.7 Å². The van der Waals surface area contributed by atoms with E-state index in [9.17, 15) is 24.3 Å². The van der Waals surface area contributed by atoms with Crippen molar-refractivity contribution >= 4 is 47.3 Å². The predicted molar refractivity (Wildman–Crippen MR) is 214 cm³/mol. The third-order valence-electron chi connectivity index (χ3n) is 9.86. The molecule has 2 amide bonds.